The number of ether oxygens (including phenoxy) is 1. The topological polar surface area (TPSA) is 54.6 Å². The van der Waals surface area contributed by atoms with Gasteiger partial charge in [-0.1, -0.05) is 6.92 Å². The maximum Gasteiger partial charge on any atom is 0.239 e. The van der Waals surface area contributed by atoms with Gasteiger partial charge in [-0.3, -0.25) is 0 Å². The molecule has 1 saturated heterocycles. The largest absolute Gasteiger partial charge is 0.476 e. The molecule has 1 aliphatic heterocycles. The summed E-state index contributed by atoms with van der Waals surface area (Å²) >= 11 is 0. The molecule has 2 rings (SSSR count). The van der Waals surface area contributed by atoms with Crippen LogP contribution in [0.2, 0.25) is 0 Å². The van der Waals surface area contributed by atoms with Crippen molar-refractivity contribution in [1.29, 1.82) is 0 Å². The average molecular weight is 278 g/mol. The third kappa shape index (κ3) is 3.54. The molecule has 0 unspecified atom stereocenters. The van der Waals surface area contributed by atoms with E-state index >= 15 is 0 Å². The van der Waals surface area contributed by atoms with Crippen LogP contribution >= 0.6 is 0 Å². The summed E-state index contributed by atoms with van der Waals surface area (Å²) in [6, 6.07) is 4.41. The van der Waals surface area contributed by atoms with Crippen molar-refractivity contribution in [2.75, 3.05) is 44.4 Å². The first-order valence-electron chi connectivity index (χ1n) is 7.42. The second kappa shape index (κ2) is 6.79. The number of nitrogens with two attached hydrogens (primary N) is 1. The van der Waals surface area contributed by atoms with Crippen LogP contribution < -0.4 is 15.4 Å². The second-order valence-corrected chi connectivity index (χ2v) is 5.56. The molecule has 0 radical (unpaired) electrons. The maximum absolute atomic E-state index is 5.91. The van der Waals surface area contributed by atoms with Gasteiger partial charge in [-0.15, -0.1) is 0 Å². The van der Waals surface area contributed by atoms with Crippen LogP contribution in [0.4, 0.5) is 11.5 Å². The first kappa shape index (κ1) is 14.9. The van der Waals surface area contributed by atoms with Crippen molar-refractivity contribution < 1.29 is 4.74 Å². The van der Waals surface area contributed by atoms with Gasteiger partial charge in [0.25, 0.3) is 0 Å². The molecule has 5 nitrogen and oxygen atoms in total. The molecule has 2 heterocycles. The standard InChI is InChI=1S/C15H26N4O/c1-4-11-20-15-13(16)5-6-14(17-15)19(3)12-7-9-18(2)10-8-12/h5-6,12H,4,7-11,16H2,1-3H3. The molecule has 1 aromatic heterocycles. The highest BCUT2D eigenvalue weighted by atomic mass is 16.5. The lowest BCUT2D eigenvalue weighted by molar-refractivity contribution is 0.252. The molecule has 5 heteroatoms. The van der Waals surface area contributed by atoms with Gasteiger partial charge in [0, 0.05) is 13.1 Å². The molecule has 0 aliphatic carbocycles. The van der Waals surface area contributed by atoms with Crippen LogP contribution in [0.1, 0.15) is 26.2 Å². The number of hydrogen-bond acceptors (Lipinski definition) is 5. The summed E-state index contributed by atoms with van der Waals surface area (Å²) < 4.78 is 5.61. The van der Waals surface area contributed by atoms with Crippen LogP contribution in [0, 0.1) is 0 Å². The predicted octanol–water partition coefficient (Wildman–Crippen LogP) is 1.98. The molecule has 1 aromatic rings. The van der Waals surface area contributed by atoms with Crippen molar-refractivity contribution in [3.05, 3.63) is 12.1 Å². The molecule has 0 spiro atoms. The molecule has 0 bridgehead atoms. The third-order valence-corrected chi connectivity index (χ3v) is 3.92. The van der Waals surface area contributed by atoms with Crippen LogP contribution in [0.15, 0.2) is 12.1 Å². The van der Waals surface area contributed by atoms with Gasteiger partial charge in [0.1, 0.15) is 5.82 Å². The van der Waals surface area contributed by atoms with Gasteiger partial charge < -0.3 is 20.3 Å². The Kier molecular flexibility index (Phi) is 5.06. The Bertz CT molecular complexity index is 430. The summed E-state index contributed by atoms with van der Waals surface area (Å²) in [5.74, 6) is 1.50. The zero-order valence-corrected chi connectivity index (χ0v) is 12.8. The highest BCUT2D eigenvalue weighted by Gasteiger charge is 2.22. The molecule has 1 fully saturated rings. The van der Waals surface area contributed by atoms with E-state index in [9.17, 15) is 0 Å². The van der Waals surface area contributed by atoms with E-state index in [1.165, 1.54) is 12.8 Å². The first-order valence-corrected chi connectivity index (χ1v) is 7.42. The van der Waals surface area contributed by atoms with Gasteiger partial charge in [-0.05, 0) is 51.5 Å². The van der Waals surface area contributed by atoms with Gasteiger partial charge >= 0.3 is 0 Å². The molecular formula is C15H26N4O. The van der Waals surface area contributed by atoms with E-state index in [0.717, 1.165) is 25.3 Å². The minimum absolute atomic E-state index is 0.543. The zero-order chi connectivity index (χ0) is 14.5. The van der Waals surface area contributed by atoms with Crippen molar-refractivity contribution in [3.8, 4) is 5.88 Å². The zero-order valence-electron chi connectivity index (χ0n) is 12.8. The van der Waals surface area contributed by atoms with Crippen LogP contribution in [0.3, 0.4) is 0 Å². The van der Waals surface area contributed by atoms with Gasteiger partial charge in [0.05, 0.1) is 12.3 Å². The Morgan fingerprint density at radius 3 is 2.75 bits per heavy atom. The smallest absolute Gasteiger partial charge is 0.239 e. The number of piperidine rings is 1. The average Bonchev–Trinajstić information content (AvgIpc) is 2.46. The predicted molar refractivity (Wildman–Crippen MR) is 83.4 cm³/mol. The number of likely N-dealkylation sites (tertiary alicyclic amines) is 1. The second-order valence-electron chi connectivity index (χ2n) is 5.56. The number of pyridine rings is 1. The van der Waals surface area contributed by atoms with Crippen molar-refractivity contribution in [3.63, 3.8) is 0 Å². The lowest BCUT2D eigenvalue weighted by Gasteiger charge is -2.35. The highest BCUT2D eigenvalue weighted by Crippen LogP contribution is 2.26. The molecule has 20 heavy (non-hydrogen) atoms. The summed E-state index contributed by atoms with van der Waals surface area (Å²) in [7, 11) is 4.28. The van der Waals surface area contributed by atoms with Gasteiger partial charge in [0.15, 0.2) is 0 Å². The van der Waals surface area contributed by atoms with Crippen LogP contribution in [0.25, 0.3) is 0 Å². The first-order chi connectivity index (χ1) is 9.61. The van der Waals surface area contributed by atoms with E-state index in [1.54, 1.807) is 0 Å². The quantitative estimate of drug-likeness (QED) is 0.892. The van der Waals surface area contributed by atoms with Crippen LogP contribution in [-0.4, -0.2) is 49.7 Å². The van der Waals surface area contributed by atoms with Crippen molar-refractivity contribution >= 4 is 11.5 Å². The van der Waals surface area contributed by atoms with Crippen molar-refractivity contribution in [2.45, 2.75) is 32.2 Å². The van der Waals surface area contributed by atoms with Gasteiger partial charge in [-0.2, -0.15) is 4.98 Å². The molecule has 112 valence electrons. The Morgan fingerprint density at radius 2 is 2.10 bits per heavy atom. The SMILES string of the molecule is CCCOc1nc(N(C)C2CCN(C)CC2)ccc1N. The number of anilines is 2. The van der Waals surface area contributed by atoms with Gasteiger partial charge in [0.2, 0.25) is 5.88 Å². The fraction of sp³-hybridized carbons (Fsp3) is 0.667. The Balaban J connectivity index is 2.07. The third-order valence-electron chi connectivity index (χ3n) is 3.92. The molecular weight excluding hydrogens is 252 g/mol. The van der Waals surface area contributed by atoms with Crippen molar-refractivity contribution in [1.82, 2.24) is 9.88 Å². The van der Waals surface area contributed by atoms with E-state index < -0.39 is 0 Å². The van der Waals surface area contributed by atoms with E-state index in [1.807, 2.05) is 12.1 Å². The number of nitrogen functional groups attached to an aromatic ring is 1. The Labute approximate surface area is 121 Å². The van der Waals surface area contributed by atoms with E-state index in [0.29, 0.717) is 24.2 Å². The highest BCUT2D eigenvalue weighted by molar-refractivity contribution is 5.54. The number of hydrogen-bond donors (Lipinski definition) is 1. The van der Waals surface area contributed by atoms with Crippen molar-refractivity contribution in [2.24, 2.45) is 0 Å². The minimum Gasteiger partial charge on any atom is -0.476 e. The normalized spacial score (nSPS) is 17.1. The number of rotatable bonds is 5. The number of aromatic nitrogens is 1. The summed E-state index contributed by atoms with van der Waals surface area (Å²) in [6.45, 7) is 5.01. The van der Waals surface area contributed by atoms with Gasteiger partial charge in [-0.25, -0.2) is 0 Å². The minimum atomic E-state index is 0.543. The van der Waals surface area contributed by atoms with E-state index in [-0.39, 0.29) is 0 Å². The molecule has 2 N–H and O–H groups in total. The molecule has 0 amide bonds. The Hall–Kier alpha value is -1.49. The number of nitrogens with zero attached hydrogens (tertiary/aromatic N) is 3. The van der Waals surface area contributed by atoms with E-state index in [2.05, 4.69) is 35.8 Å². The van der Waals surface area contributed by atoms with Crippen LogP contribution in [0.5, 0.6) is 5.88 Å². The lowest BCUT2D eigenvalue weighted by atomic mass is 10.0. The fourth-order valence-electron chi connectivity index (χ4n) is 2.52. The monoisotopic (exact) mass is 278 g/mol. The summed E-state index contributed by atoms with van der Waals surface area (Å²) in [4.78, 5) is 9.20. The van der Waals surface area contributed by atoms with Crippen LogP contribution in [-0.2, 0) is 0 Å². The molecule has 0 atom stereocenters. The molecule has 1 aliphatic rings. The summed E-state index contributed by atoms with van der Waals surface area (Å²) in [6.07, 6.45) is 3.30. The summed E-state index contributed by atoms with van der Waals surface area (Å²) in [5, 5.41) is 0. The maximum atomic E-state index is 5.91. The molecule has 0 aromatic carbocycles. The fourth-order valence-corrected chi connectivity index (χ4v) is 2.52. The lowest BCUT2D eigenvalue weighted by Crippen LogP contribution is -2.42. The Morgan fingerprint density at radius 1 is 1.40 bits per heavy atom. The van der Waals surface area contributed by atoms with E-state index in [4.69, 9.17) is 10.5 Å². The summed E-state index contributed by atoms with van der Waals surface area (Å²) in [5.41, 5.74) is 6.52. The molecule has 0 saturated carbocycles.